The van der Waals surface area contributed by atoms with Crippen LogP contribution in [0, 0.1) is 0 Å². The number of anilines is 1. The van der Waals surface area contributed by atoms with Crippen molar-refractivity contribution >= 4 is 23.1 Å². The molecule has 3 aromatic carbocycles. The van der Waals surface area contributed by atoms with Gasteiger partial charge in [-0.3, -0.25) is 14.5 Å². The van der Waals surface area contributed by atoms with Crippen LogP contribution in [-0.4, -0.2) is 31.0 Å². The van der Waals surface area contributed by atoms with Gasteiger partial charge in [-0.05, 0) is 41.3 Å². The summed E-state index contributed by atoms with van der Waals surface area (Å²) in [5, 5.41) is 11.5. The summed E-state index contributed by atoms with van der Waals surface area (Å²) in [7, 11) is 3.11. The average molecular weight is 472 g/mol. The van der Waals surface area contributed by atoms with E-state index in [0.29, 0.717) is 28.3 Å². The van der Waals surface area contributed by atoms with E-state index in [4.69, 9.17) is 9.47 Å². The lowest BCUT2D eigenvalue weighted by Gasteiger charge is -2.27. The van der Waals surface area contributed by atoms with Crippen LogP contribution in [0.25, 0.3) is 5.76 Å². The predicted molar refractivity (Wildman–Crippen MR) is 136 cm³/mol. The molecule has 6 nitrogen and oxygen atoms in total. The van der Waals surface area contributed by atoms with Crippen molar-refractivity contribution in [2.24, 2.45) is 0 Å². The molecule has 0 spiro atoms. The van der Waals surface area contributed by atoms with Crippen molar-refractivity contribution in [1.29, 1.82) is 0 Å². The van der Waals surface area contributed by atoms with Crippen LogP contribution in [0.3, 0.4) is 0 Å². The number of ether oxygens (including phenoxy) is 2. The van der Waals surface area contributed by atoms with Gasteiger partial charge in [-0.1, -0.05) is 63.2 Å². The first kappa shape index (κ1) is 24.1. The van der Waals surface area contributed by atoms with E-state index in [1.165, 1.54) is 12.0 Å². The minimum Gasteiger partial charge on any atom is -0.507 e. The van der Waals surface area contributed by atoms with E-state index in [1.807, 2.05) is 57.2 Å². The number of nitrogens with zero attached hydrogens (tertiary/aromatic N) is 1. The van der Waals surface area contributed by atoms with Crippen molar-refractivity contribution in [1.82, 2.24) is 0 Å². The van der Waals surface area contributed by atoms with E-state index in [1.54, 1.807) is 43.5 Å². The number of Topliss-reactive ketones (excluding diaryl/α,β-unsaturated/α-hetero) is 1. The van der Waals surface area contributed by atoms with Gasteiger partial charge in [-0.2, -0.15) is 0 Å². The van der Waals surface area contributed by atoms with Crippen molar-refractivity contribution in [3.8, 4) is 11.5 Å². The topological polar surface area (TPSA) is 76.1 Å². The predicted octanol–water partition coefficient (Wildman–Crippen LogP) is 5.63. The Bertz CT molecular complexity index is 1300. The Morgan fingerprint density at radius 1 is 0.857 bits per heavy atom. The van der Waals surface area contributed by atoms with Crippen LogP contribution < -0.4 is 14.4 Å². The second-order valence-corrected chi connectivity index (χ2v) is 9.42. The maximum absolute atomic E-state index is 13.4. The molecule has 1 aliphatic heterocycles. The minimum atomic E-state index is -0.826. The van der Waals surface area contributed by atoms with Gasteiger partial charge in [-0.25, -0.2) is 0 Å². The van der Waals surface area contributed by atoms with E-state index >= 15 is 0 Å². The average Bonchev–Trinajstić information content (AvgIpc) is 3.13. The Balaban J connectivity index is 1.97. The van der Waals surface area contributed by atoms with Crippen molar-refractivity contribution < 1.29 is 24.2 Å². The van der Waals surface area contributed by atoms with Crippen molar-refractivity contribution in [2.45, 2.75) is 32.2 Å². The summed E-state index contributed by atoms with van der Waals surface area (Å²) >= 11 is 0. The van der Waals surface area contributed by atoms with Crippen LogP contribution in [0.15, 0.2) is 78.4 Å². The molecular weight excluding hydrogens is 442 g/mol. The van der Waals surface area contributed by atoms with Crippen LogP contribution in [0.2, 0.25) is 0 Å². The van der Waals surface area contributed by atoms with E-state index in [2.05, 4.69) is 0 Å². The second-order valence-electron chi connectivity index (χ2n) is 9.42. The van der Waals surface area contributed by atoms with Crippen LogP contribution in [0.1, 0.15) is 43.5 Å². The van der Waals surface area contributed by atoms with Gasteiger partial charge in [0.1, 0.15) is 17.3 Å². The largest absolute Gasteiger partial charge is 0.507 e. The molecule has 0 bridgehead atoms. The van der Waals surface area contributed by atoms with Gasteiger partial charge in [0.05, 0.1) is 31.5 Å². The summed E-state index contributed by atoms with van der Waals surface area (Å²) in [5.74, 6) is -0.578. The molecule has 0 saturated carbocycles. The zero-order chi connectivity index (χ0) is 25.3. The Kier molecular flexibility index (Phi) is 6.39. The first-order valence-electron chi connectivity index (χ1n) is 11.4. The Hall–Kier alpha value is -4.06. The first-order valence-corrected chi connectivity index (χ1v) is 11.4. The molecule has 1 unspecified atom stereocenters. The van der Waals surface area contributed by atoms with Gasteiger partial charge in [-0.15, -0.1) is 0 Å². The monoisotopic (exact) mass is 471 g/mol. The molecule has 0 radical (unpaired) electrons. The highest BCUT2D eigenvalue weighted by atomic mass is 16.5. The molecule has 1 aliphatic rings. The molecule has 1 N–H and O–H groups in total. The Labute approximate surface area is 205 Å². The quantitative estimate of drug-likeness (QED) is 0.297. The van der Waals surface area contributed by atoms with Gasteiger partial charge < -0.3 is 14.6 Å². The number of carbonyl (C=O) groups is 2. The van der Waals surface area contributed by atoms with Crippen LogP contribution in [-0.2, 0) is 15.0 Å². The molecule has 0 aliphatic carbocycles. The summed E-state index contributed by atoms with van der Waals surface area (Å²) in [5.41, 5.74) is 2.22. The van der Waals surface area contributed by atoms with Gasteiger partial charge in [0.2, 0.25) is 0 Å². The lowest BCUT2D eigenvalue weighted by atomic mass is 9.84. The van der Waals surface area contributed by atoms with Crippen LogP contribution in [0.4, 0.5) is 5.69 Å². The number of hydrogen-bond acceptors (Lipinski definition) is 5. The standard InChI is InChI=1S/C29H29NO5/c1-29(2,3)20-17-19(15-16-22(20)34-4)26(31)24-25(18-11-7-6-8-12-18)30(28(33)27(24)32)21-13-9-10-14-23(21)35-5/h6-17,25,31H,1-5H3/b26-24-. The second kappa shape index (κ2) is 9.29. The molecule has 1 saturated heterocycles. The zero-order valence-electron chi connectivity index (χ0n) is 20.5. The summed E-state index contributed by atoms with van der Waals surface area (Å²) in [6.45, 7) is 6.12. The molecule has 1 heterocycles. The fourth-order valence-corrected chi connectivity index (χ4v) is 4.46. The number of hydrogen-bond donors (Lipinski definition) is 1. The third kappa shape index (κ3) is 4.28. The lowest BCUT2D eigenvalue weighted by Crippen LogP contribution is -2.29. The fraction of sp³-hybridized carbons (Fsp3) is 0.241. The molecular formula is C29H29NO5. The van der Waals surface area contributed by atoms with Gasteiger partial charge in [0, 0.05) is 11.1 Å². The number of para-hydroxylation sites is 2. The summed E-state index contributed by atoms with van der Waals surface area (Å²) in [4.78, 5) is 28.2. The number of benzene rings is 3. The maximum atomic E-state index is 13.4. The number of aliphatic hydroxyl groups is 1. The zero-order valence-corrected chi connectivity index (χ0v) is 20.5. The van der Waals surface area contributed by atoms with Crippen molar-refractivity contribution in [3.63, 3.8) is 0 Å². The van der Waals surface area contributed by atoms with E-state index in [9.17, 15) is 14.7 Å². The number of ketones is 1. The first-order chi connectivity index (χ1) is 16.7. The molecule has 1 amide bonds. The third-order valence-electron chi connectivity index (χ3n) is 6.19. The maximum Gasteiger partial charge on any atom is 0.300 e. The van der Waals surface area contributed by atoms with Gasteiger partial charge in [0.15, 0.2) is 0 Å². The van der Waals surface area contributed by atoms with Gasteiger partial charge >= 0.3 is 0 Å². The van der Waals surface area contributed by atoms with Crippen LogP contribution in [0.5, 0.6) is 11.5 Å². The highest BCUT2D eigenvalue weighted by Crippen LogP contribution is 2.45. The van der Waals surface area contributed by atoms with E-state index in [-0.39, 0.29) is 16.7 Å². The Morgan fingerprint density at radius 3 is 2.11 bits per heavy atom. The Morgan fingerprint density at radius 2 is 1.49 bits per heavy atom. The highest BCUT2D eigenvalue weighted by molar-refractivity contribution is 6.51. The fourth-order valence-electron chi connectivity index (χ4n) is 4.46. The van der Waals surface area contributed by atoms with Gasteiger partial charge in [0.25, 0.3) is 11.7 Å². The molecule has 0 aromatic heterocycles. The summed E-state index contributed by atoms with van der Waals surface area (Å²) in [6.07, 6.45) is 0. The number of aliphatic hydroxyl groups excluding tert-OH is 1. The van der Waals surface area contributed by atoms with Crippen molar-refractivity contribution in [3.05, 3.63) is 95.1 Å². The van der Waals surface area contributed by atoms with Crippen molar-refractivity contribution in [2.75, 3.05) is 19.1 Å². The molecule has 35 heavy (non-hydrogen) atoms. The molecule has 1 atom stereocenters. The third-order valence-corrected chi connectivity index (χ3v) is 6.19. The molecule has 4 rings (SSSR count). The van der Waals surface area contributed by atoms with Crippen LogP contribution >= 0.6 is 0 Å². The number of methoxy groups -OCH3 is 2. The highest BCUT2D eigenvalue weighted by Gasteiger charge is 2.47. The molecule has 3 aromatic rings. The number of carbonyl (C=O) groups excluding carboxylic acids is 2. The SMILES string of the molecule is COc1ccccc1N1C(=O)C(=O)/C(=C(\O)c2ccc(OC)c(C(C)(C)C)c2)C1c1ccccc1. The lowest BCUT2D eigenvalue weighted by molar-refractivity contribution is -0.132. The number of rotatable bonds is 5. The minimum absolute atomic E-state index is 0.0251. The number of amides is 1. The summed E-state index contributed by atoms with van der Waals surface area (Å²) < 4.78 is 11.0. The summed E-state index contributed by atoms with van der Waals surface area (Å²) in [6, 6.07) is 20.7. The smallest absolute Gasteiger partial charge is 0.300 e. The van der Waals surface area contributed by atoms with E-state index in [0.717, 1.165) is 5.56 Å². The normalized spacial score (nSPS) is 17.5. The molecule has 180 valence electrons. The van der Waals surface area contributed by atoms with E-state index < -0.39 is 17.7 Å². The molecule has 6 heteroatoms. The molecule has 1 fully saturated rings.